The van der Waals surface area contributed by atoms with Gasteiger partial charge in [-0.25, -0.2) is 8.78 Å². The Morgan fingerprint density at radius 3 is 3.00 bits per heavy atom. The van der Waals surface area contributed by atoms with E-state index in [2.05, 4.69) is 5.32 Å². The Bertz CT molecular complexity index is 428. The quantitative estimate of drug-likeness (QED) is 0.792. The van der Waals surface area contributed by atoms with Crippen LogP contribution in [0.2, 0.25) is 0 Å². The Kier molecular flexibility index (Phi) is 2.32. The Hall–Kier alpha value is -1.16. The second-order valence-corrected chi connectivity index (χ2v) is 4.31. The van der Waals surface area contributed by atoms with E-state index in [9.17, 15) is 8.78 Å². The summed E-state index contributed by atoms with van der Waals surface area (Å²) < 4.78 is 33.1. The van der Waals surface area contributed by atoms with Gasteiger partial charge < -0.3 is 10.1 Å². The molecule has 1 atom stereocenters. The number of rotatable bonds is 1. The predicted octanol–water partition coefficient (Wildman–Crippen LogP) is 2.32. The van der Waals surface area contributed by atoms with Gasteiger partial charge in [0.15, 0.2) is 0 Å². The minimum atomic E-state index is -0.488. The molecule has 1 N–H and O–H groups in total. The molecule has 4 heteroatoms. The molecule has 0 radical (unpaired) electrons. The molecule has 1 aromatic carbocycles. The second kappa shape index (κ2) is 3.70. The molecule has 0 spiro atoms. The van der Waals surface area contributed by atoms with Crippen LogP contribution in [0, 0.1) is 11.6 Å². The zero-order chi connectivity index (χ0) is 11.1. The molecular formula is C12H13F2NO. The fourth-order valence-corrected chi connectivity index (χ4v) is 2.53. The summed E-state index contributed by atoms with van der Waals surface area (Å²) in [5, 5.41) is 3.12. The molecule has 0 aromatic heterocycles. The lowest BCUT2D eigenvalue weighted by Gasteiger charge is -2.14. The fourth-order valence-electron chi connectivity index (χ4n) is 2.53. The van der Waals surface area contributed by atoms with E-state index >= 15 is 0 Å². The van der Waals surface area contributed by atoms with Crippen LogP contribution in [0.1, 0.15) is 30.0 Å². The molecule has 1 aromatic rings. The monoisotopic (exact) mass is 225 g/mol. The number of hydrogen-bond donors (Lipinski definition) is 1. The fraction of sp³-hybridized carbons (Fsp3) is 0.500. The van der Waals surface area contributed by atoms with Gasteiger partial charge in [0.1, 0.15) is 17.4 Å². The van der Waals surface area contributed by atoms with Gasteiger partial charge in [-0.2, -0.15) is 0 Å². The molecule has 2 aliphatic rings. The van der Waals surface area contributed by atoms with Crippen LogP contribution in [-0.4, -0.2) is 13.2 Å². The summed E-state index contributed by atoms with van der Waals surface area (Å²) in [6, 6.07) is 1.15. The molecule has 1 saturated heterocycles. The molecule has 1 unspecified atom stereocenters. The number of hydrogen-bond acceptors (Lipinski definition) is 2. The van der Waals surface area contributed by atoms with E-state index in [1.807, 2.05) is 0 Å². The largest absolute Gasteiger partial charge is 0.493 e. The molecule has 16 heavy (non-hydrogen) atoms. The maximum Gasteiger partial charge on any atom is 0.137 e. The summed E-state index contributed by atoms with van der Waals surface area (Å²) in [5.41, 5.74) is 0.729. The van der Waals surface area contributed by atoms with Crippen molar-refractivity contribution in [2.45, 2.75) is 25.3 Å². The Balaban J connectivity index is 2.10. The van der Waals surface area contributed by atoms with Crippen LogP contribution in [0.15, 0.2) is 6.07 Å². The first-order valence-corrected chi connectivity index (χ1v) is 5.64. The number of benzene rings is 1. The minimum Gasteiger partial charge on any atom is -0.493 e. The van der Waals surface area contributed by atoms with Gasteiger partial charge >= 0.3 is 0 Å². The molecule has 1 fully saturated rings. The van der Waals surface area contributed by atoms with Gasteiger partial charge in [-0.1, -0.05) is 0 Å². The molecule has 0 saturated carbocycles. The first-order valence-electron chi connectivity index (χ1n) is 5.64. The van der Waals surface area contributed by atoms with Crippen LogP contribution in [0.5, 0.6) is 5.75 Å². The summed E-state index contributed by atoms with van der Waals surface area (Å²) in [5.74, 6) is -0.527. The van der Waals surface area contributed by atoms with Crippen LogP contribution in [0.4, 0.5) is 8.78 Å². The van der Waals surface area contributed by atoms with Crippen molar-refractivity contribution in [3.8, 4) is 5.75 Å². The lowest BCUT2D eigenvalue weighted by atomic mass is 9.99. The van der Waals surface area contributed by atoms with Crippen molar-refractivity contribution in [1.82, 2.24) is 5.32 Å². The van der Waals surface area contributed by atoms with Crippen LogP contribution in [0.25, 0.3) is 0 Å². The molecule has 0 amide bonds. The lowest BCUT2D eigenvalue weighted by molar-refractivity contribution is 0.354. The van der Waals surface area contributed by atoms with Gasteiger partial charge in [0, 0.05) is 29.7 Å². The molecule has 0 bridgehead atoms. The van der Waals surface area contributed by atoms with Crippen molar-refractivity contribution >= 4 is 0 Å². The van der Waals surface area contributed by atoms with Crippen LogP contribution >= 0.6 is 0 Å². The highest BCUT2D eigenvalue weighted by Crippen LogP contribution is 2.36. The number of nitrogens with one attached hydrogen (secondary N) is 1. The van der Waals surface area contributed by atoms with Crippen molar-refractivity contribution in [2.75, 3.05) is 13.2 Å². The Morgan fingerprint density at radius 2 is 2.25 bits per heavy atom. The highest BCUT2D eigenvalue weighted by Gasteiger charge is 2.29. The lowest BCUT2D eigenvalue weighted by Crippen LogP contribution is -2.16. The normalized spacial score (nSPS) is 23.2. The van der Waals surface area contributed by atoms with E-state index in [1.165, 1.54) is 6.07 Å². The van der Waals surface area contributed by atoms with Crippen molar-refractivity contribution in [3.05, 3.63) is 28.8 Å². The van der Waals surface area contributed by atoms with E-state index in [0.717, 1.165) is 19.4 Å². The van der Waals surface area contributed by atoms with Gasteiger partial charge in [0.05, 0.1) is 6.61 Å². The minimum absolute atomic E-state index is 0.175. The maximum absolute atomic E-state index is 14.1. The van der Waals surface area contributed by atoms with Gasteiger partial charge in [0.2, 0.25) is 0 Å². The topological polar surface area (TPSA) is 21.3 Å². The van der Waals surface area contributed by atoms with Gasteiger partial charge in [-0.15, -0.1) is 0 Å². The predicted molar refractivity (Wildman–Crippen MR) is 55.5 cm³/mol. The maximum atomic E-state index is 14.1. The number of halogens is 2. The molecular weight excluding hydrogens is 212 g/mol. The summed E-state index contributed by atoms with van der Waals surface area (Å²) >= 11 is 0. The summed E-state index contributed by atoms with van der Waals surface area (Å²) in [7, 11) is 0. The van der Waals surface area contributed by atoms with Gasteiger partial charge in [-0.3, -0.25) is 0 Å². The van der Waals surface area contributed by atoms with E-state index in [0.29, 0.717) is 24.3 Å². The zero-order valence-electron chi connectivity index (χ0n) is 8.85. The third-order valence-corrected chi connectivity index (χ3v) is 3.33. The molecule has 86 valence electrons. The van der Waals surface area contributed by atoms with Crippen molar-refractivity contribution in [3.63, 3.8) is 0 Å². The standard InChI is InChI=1S/C12H13F2NO/c13-8-6-10-7(3-5-16-10)12(14)11(8)9-2-1-4-15-9/h6,9,15H,1-5H2. The van der Waals surface area contributed by atoms with Gasteiger partial charge in [-0.05, 0) is 19.4 Å². The van der Waals surface area contributed by atoms with Crippen molar-refractivity contribution in [2.24, 2.45) is 0 Å². The first kappa shape index (κ1) is 10.0. The van der Waals surface area contributed by atoms with Crippen LogP contribution in [-0.2, 0) is 6.42 Å². The Labute approximate surface area is 92.6 Å². The molecule has 2 heterocycles. The Morgan fingerprint density at radius 1 is 1.38 bits per heavy atom. The average Bonchev–Trinajstić information content (AvgIpc) is 2.87. The zero-order valence-corrected chi connectivity index (χ0v) is 8.85. The van der Waals surface area contributed by atoms with E-state index in [4.69, 9.17) is 4.74 Å². The third kappa shape index (κ3) is 1.40. The van der Waals surface area contributed by atoms with Crippen molar-refractivity contribution in [1.29, 1.82) is 0 Å². The highest BCUT2D eigenvalue weighted by atomic mass is 19.1. The molecule has 3 rings (SSSR count). The highest BCUT2D eigenvalue weighted by molar-refractivity contribution is 5.43. The number of fused-ring (bicyclic) bond motifs is 1. The summed E-state index contributed by atoms with van der Waals surface area (Å²) in [6.07, 6.45) is 2.31. The molecule has 0 aliphatic carbocycles. The summed E-state index contributed by atoms with van der Waals surface area (Å²) in [4.78, 5) is 0. The number of ether oxygens (including phenoxy) is 1. The molecule has 2 nitrogen and oxygen atoms in total. The average molecular weight is 225 g/mol. The first-order chi connectivity index (χ1) is 7.77. The van der Waals surface area contributed by atoms with Gasteiger partial charge in [0.25, 0.3) is 0 Å². The third-order valence-electron chi connectivity index (χ3n) is 3.33. The SMILES string of the molecule is Fc1cc2c(c(F)c1C1CCCN1)CCO2. The van der Waals surface area contributed by atoms with E-state index < -0.39 is 11.6 Å². The van der Waals surface area contributed by atoms with Crippen molar-refractivity contribution < 1.29 is 13.5 Å². The smallest absolute Gasteiger partial charge is 0.137 e. The summed E-state index contributed by atoms with van der Waals surface area (Å²) in [6.45, 7) is 1.28. The van der Waals surface area contributed by atoms with E-state index in [-0.39, 0.29) is 11.6 Å². The van der Waals surface area contributed by atoms with E-state index in [1.54, 1.807) is 0 Å². The van der Waals surface area contributed by atoms with Crippen LogP contribution < -0.4 is 10.1 Å². The molecule has 2 aliphatic heterocycles. The van der Waals surface area contributed by atoms with Crippen LogP contribution in [0.3, 0.4) is 0 Å². The second-order valence-electron chi connectivity index (χ2n) is 4.31.